The average molecular weight is 310 g/mol. The van der Waals surface area contributed by atoms with E-state index < -0.39 is 10.0 Å². The summed E-state index contributed by atoms with van der Waals surface area (Å²) in [6, 6.07) is 6.52. The second-order valence-electron chi connectivity index (χ2n) is 5.20. The Kier molecular flexibility index (Phi) is 3.97. The van der Waals surface area contributed by atoms with Gasteiger partial charge in [0.15, 0.2) is 0 Å². The molecule has 6 nitrogen and oxygen atoms in total. The average Bonchev–Trinajstić information content (AvgIpc) is 3.03. The van der Waals surface area contributed by atoms with Crippen molar-refractivity contribution in [3.63, 3.8) is 0 Å². The molecule has 0 unspecified atom stereocenters. The highest BCUT2D eigenvalue weighted by atomic mass is 32.2. The van der Waals surface area contributed by atoms with Crippen LogP contribution in [0.5, 0.6) is 0 Å². The molecule has 2 heterocycles. The molecule has 0 atom stereocenters. The van der Waals surface area contributed by atoms with Gasteiger partial charge in [-0.3, -0.25) is 4.79 Å². The van der Waals surface area contributed by atoms with E-state index in [1.807, 2.05) is 0 Å². The standard InChI is InChI=1S/C14H18N2O4S/c17-14-11-20-10-9-16(14)12-3-5-13(6-4-12)21(18,19)15-7-1-2-8-15/h3-6H,1-2,7-11H2. The van der Waals surface area contributed by atoms with E-state index in [1.165, 1.54) is 4.31 Å². The van der Waals surface area contributed by atoms with Crippen LogP contribution in [0.1, 0.15) is 12.8 Å². The quantitative estimate of drug-likeness (QED) is 0.829. The predicted molar refractivity (Wildman–Crippen MR) is 77.6 cm³/mol. The van der Waals surface area contributed by atoms with Gasteiger partial charge in [-0.25, -0.2) is 8.42 Å². The summed E-state index contributed by atoms with van der Waals surface area (Å²) in [6.45, 7) is 2.25. The zero-order valence-corrected chi connectivity index (χ0v) is 12.5. The van der Waals surface area contributed by atoms with Gasteiger partial charge in [-0.1, -0.05) is 0 Å². The minimum Gasteiger partial charge on any atom is -0.370 e. The highest BCUT2D eigenvalue weighted by Crippen LogP contribution is 2.24. The number of ether oxygens (including phenoxy) is 1. The van der Waals surface area contributed by atoms with Gasteiger partial charge in [-0.15, -0.1) is 0 Å². The van der Waals surface area contributed by atoms with Crippen molar-refractivity contribution in [1.29, 1.82) is 0 Å². The summed E-state index contributed by atoms with van der Waals surface area (Å²) in [5.74, 6) is -0.101. The van der Waals surface area contributed by atoms with Gasteiger partial charge in [0.25, 0.3) is 5.91 Å². The van der Waals surface area contributed by atoms with Crippen LogP contribution in [-0.2, 0) is 19.6 Å². The van der Waals surface area contributed by atoms with Crippen LogP contribution in [0, 0.1) is 0 Å². The molecule has 1 aromatic carbocycles. The van der Waals surface area contributed by atoms with Crippen LogP contribution in [0.25, 0.3) is 0 Å². The fraction of sp³-hybridized carbons (Fsp3) is 0.500. The van der Waals surface area contributed by atoms with Crippen molar-refractivity contribution < 1.29 is 17.9 Å². The van der Waals surface area contributed by atoms with E-state index in [2.05, 4.69) is 0 Å². The molecule has 0 saturated carbocycles. The molecule has 0 bridgehead atoms. The summed E-state index contributed by atoms with van der Waals surface area (Å²) in [5.41, 5.74) is 0.712. The fourth-order valence-electron chi connectivity index (χ4n) is 2.67. The van der Waals surface area contributed by atoms with E-state index in [9.17, 15) is 13.2 Å². The van der Waals surface area contributed by atoms with E-state index in [-0.39, 0.29) is 17.4 Å². The molecular formula is C14H18N2O4S. The van der Waals surface area contributed by atoms with Gasteiger partial charge < -0.3 is 9.64 Å². The molecule has 114 valence electrons. The Morgan fingerprint density at radius 2 is 1.67 bits per heavy atom. The van der Waals surface area contributed by atoms with Crippen LogP contribution in [0.3, 0.4) is 0 Å². The maximum absolute atomic E-state index is 12.4. The number of morpholine rings is 1. The first-order chi connectivity index (χ1) is 10.1. The first-order valence-electron chi connectivity index (χ1n) is 7.07. The van der Waals surface area contributed by atoms with Crippen LogP contribution in [0.2, 0.25) is 0 Å². The van der Waals surface area contributed by atoms with Gasteiger partial charge in [0, 0.05) is 25.3 Å². The lowest BCUT2D eigenvalue weighted by molar-refractivity contribution is -0.125. The number of sulfonamides is 1. The Morgan fingerprint density at radius 3 is 2.29 bits per heavy atom. The van der Waals surface area contributed by atoms with Gasteiger partial charge in [0.1, 0.15) is 6.61 Å². The second-order valence-corrected chi connectivity index (χ2v) is 7.14. The Bertz CT molecular complexity index is 621. The van der Waals surface area contributed by atoms with Crippen molar-refractivity contribution in [2.24, 2.45) is 0 Å². The Hall–Kier alpha value is -1.44. The number of rotatable bonds is 3. The lowest BCUT2D eigenvalue weighted by Gasteiger charge is -2.27. The summed E-state index contributed by atoms with van der Waals surface area (Å²) in [7, 11) is -3.39. The first-order valence-corrected chi connectivity index (χ1v) is 8.51. The highest BCUT2D eigenvalue weighted by Gasteiger charge is 2.27. The number of benzene rings is 1. The molecule has 7 heteroatoms. The number of carbonyl (C=O) groups excluding carboxylic acids is 1. The molecule has 21 heavy (non-hydrogen) atoms. The molecule has 0 aliphatic carbocycles. The Balaban J connectivity index is 1.82. The smallest absolute Gasteiger partial charge is 0.253 e. The lowest BCUT2D eigenvalue weighted by atomic mass is 10.2. The highest BCUT2D eigenvalue weighted by molar-refractivity contribution is 7.89. The Labute approximate surface area is 124 Å². The van der Waals surface area contributed by atoms with Crippen LogP contribution in [-0.4, -0.2) is 51.5 Å². The van der Waals surface area contributed by atoms with Crippen LogP contribution in [0.4, 0.5) is 5.69 Å². The number of carbonyl (C=O) groups is 1. The molecule has 2 fully saturated rings. The summed E-state index contributed by atoms with van der Waals surface area (Å²) in [6.07, 6.45) is 1.83. The van der Waals surface area contributed by atoms with Crippen LogP contribution >= 0.6 is 0 Å². The summed E-state index contributed by atoms with van der Waals surface area (Å²) in [4.78, 5) is 13.7. The van der Waals surface area contributed by atoms with Crippen molar-refractivity contribution in [1.82, 2.24) is 4.31 Å². The normalized spacial score (nSPS) is 21.0. The maximum Gasteiger partial charge on any atom is 0.253 e. The molecule has 3 rings (SSSR count). The molecule has 2 saturated heterocycles. The van der Waals surface area contributed by atoms with Gasteiger partial charge in [0.05, 0.1) is 11.5 Å². The SMILES string of the molecule is O=C1COCCN1c1ccc(S(=O)(=O)N2CCCC2)cc1. The second kappa shape index (κ2) is 5.75. The largest absolute Gasteiger partial charge is 0.370 e. The molecule has 0 N–H and O–H groups in total. The molecule has 0 spiro atoms. The van der Waals surface area contributed by atoms with Crippen molar-refractivity contribution in [3.8, 4) is 0 Å². The number of anilines is 1. The minimum atomic E-state index is -3.39. The molecule has 0 aromatic heterocycles. The van der Waals surface area contributed by atoms with E-state index in [4.69, 9.17) is 4.74 Å². The lowest BCUT2D eigenvalue weighted by Crippen LogP contribution is -2.41. The maximum atomic E-state index is 12.4. The molecule has 2 aliphatic rings. The van der Waals surface area contributed by atoms with E-state index in [0.29, 0.717) is 31.9 Å². The number of amides is 1. The van der Waals surface area contributed by atoms with Crippen LogP contribution in [0.15, 0.2) is 29.2 Å². The van der Waals surface area contributed by atoms with Crippen molar-refractivity contribution >= 4 is 21.6 Å². The molecule has 0 radical (unpaired) electrons. The third-order valence-corrected chi connectivity index (χ3v) is 5.75. The molecule has 1 aromatic rings. The number of hydrogen-bond acceptors (Lipinski definition) is 4. The van der Waals surface area contributed by atoms with Gasteiger partial charge in [-0.2, -0.15) is 4.31 Å². The van der Waals surface area contributed by atoms with Crippen LogP contribution < -0.4 is 4.90 Å². The van der Waals surface area contributed by atoms with Crippen molar-refractivity contribution in [2.75, 3.05) is 37.7 Å². The van der Waals surface area contributed by atoms with Gasteiger partial charge >= 0.3 is 0 Å². The summed E-state index contributed by atoms with van der Waals surface area (Å²) < 4.78 is 31.4. The minimum absolute atomic E-state index is 0.0772. The zero-order chi connectivity index (χ0) is 14.9. The van der Waals surface area contributed by atoms with E-state index >= 15 is 0 Å². The third-order valence-electron chi connectivity index (χ3n) is 3.84. The number of hydrogen-bond donors (Lipinski definition) is 0. The topological polar surface area (TPSA) is 66.9 Å². The summed E-state index contributed by atoms with van der Waals surface area (Å²) >= 11 is 0. The first kappa shape index (κ1) is 14.5. The van der Waals surface area contributed by atoms with Gasteiger partial charge in [-0.05, 0) is 37.1 Å². The van der Waals surface area contributed by atoms with Crippen molar-refractivity contribution in [2.45, 2.75) is 17.7 Å². The third kappa shape index (κ3) is 2.81. The van der Waals surface area contributed by atoms with Gasteiger partial charge in [0.2, 0.25) is 10.0 Å². The van der Waals surface area contributed by atoms with E-state index in [0.717, 1.165) is 12.8 Å². The monoisotopic (exact) mass is 310 g/mol. The van der Waals surface area contributed by atoms with Crippen molar-refractivity contribution in [3.05, 3.63) is 24.3 Å². The summed E-state index contributed by atoms with van der Waals surface area (Å²) in [5, 5.41) is 0. The Morgan fingerprint density at radius 1 is 1.00 bits per heavy atom. The number of nitrogens with zero attached hydrogens (tertiary/aromatic N) is 2. The molecule has 2 aliphatic heterocycles. The molecular weight excluding hydrogens is 292 g/mol. The zero-order valence-electron chi connectivity index (χ0n) is 11.7. The fourth-order valence-corrected chi connectivity index (χ4v) is 4.18. The molecule has 1 amide bonds. The van der Waals surface area contributed by atoms with E-state index in [1.54, 1.807) is 29.2 Å². The predicted octanol–water partition coefficient (Wildman–Crippen LogP) is 0.834.